The minimum Gasteiger partial charge on any atom is -0.463 e. The van der Waals surface area contributed by atoms with E-state index in [4.69, 9.17) is 14.2 Å². The predicted octanol–water partition coefficient (Wildman–Crippen LogP) is 3.99. The van der Waals surface area contributed by atoms with Gasteiger partial charge in [-0.3, -0.25) is 4.79 Å². The van der Waals surface area contributed by atoms with E-state index < -0.39 is 5.41 Å². The molecule has 0 spiro atoms. The van der Waals surface area contributed by atoms with Crippen molar-refractivity contribution in [2.75, 3.05) is 19.8 Å². The summed E-state index contributed by atoms with van der Waals surface area (Å²) in [6.45, 7) is 15.1. The first kappa shape index (κ1) is 21.2. The van der Waals surface area contributed by atoms with Crippen LogP contribution in [0.25, 0.3) is 0 Å². The zero-order valence-corrected chi connectivity index (χ0v) is 17.5. The van der Waals surface area contributed by atoms with Gasteiger partial charge in [0.05, 0.1) is 12.0 Å². The summed E-state index contributed by atoms with van der Waals surface area (Å²) in [5, 5.41) is 0. The molecule has 2 saturated carbocycles. The van der Waals surface area contributed by atoms with E-state index in [0.717, 1.165) is 12.8 Å². The van der Waals surface area contributed by atoms with Gasteiger partial charge in [-0.05, 0) is 49.9 Å². The Kier molecular flexibility index (Phi) is 6.11. The van der Waals surface area contributed by atoms with E-state index in [1.54, 1.807) is 0 Å². The fourth-order valence-corrected chi connectivity index (χ4v) is 4.72. The molecule has 2 bridgehead atoms. The SMILES string of the molecule is CCC(C)(C)C(=O)OCCOCC(=O)OC1C2CCC(C)(C1C)C2(C)C. The van der Waals surface area contributed by atoms with Gasteiger partial charge in [0.2, 0.25) is 0 Å². The van der Waals surface area contributed by atoms with Gasteiger partial charge in [-0.2, -0.15) is 0 Å². The molecule has 4 atom stereocenters. The number of esters is 2. The van der Waals surface area contributed by atoms with Crippen LogP contribution >= 0.6 is 0 Å². The van der Waals surface area contributed by atoms with E-state index in [1.165, 1.54) is 6.42 Å². The second-order valence-corrected chi connectivity index (χ2v) is 9.45. The molecule has 0 aliphatic heterocycles. The van der Waals surface area contributed by atoms with Crippen LogP contribution in [0.3, 0.4) is 0 Å². The maximum absolute atomic E-state index is 12.2. The second kappa shape index (κ2) is 7.49. The van der Waals surface area contributed by atoms with Gasteiger partial charge in [0.15, 0.2) is 0 Å². The molecular weight excluding hydrogens is 332 g/mol. The van der Waals surface area contributed by atoms with E-state index in [9.17, 15) is 9.59 Å². The van der Waals surface area contributed by atoms with Gasteiger partial charge < -0.3 is 14.2 Å². The lowest BCUT2D eigenvalue weighted by Gasteiger charge is -2.38. The summed E-state index contributed by atoms with van der Waals surface area (Å²) in [7, 11) is 0. The Morgan fingerprint density at radius 3 is 2.35 bits per heavy atom. The summed E-state index contributed by atoms with van der Waals surface area (Å²) < 4.78 is 16.3. The third-order valence-corrected chi connectivity index (χ3v) is 7.65. The van der Waals surface area contributed by atoms with Crippen LogP contribution in [0.2, 0.25) is 0 Å². The highest BCUT2D eigenvalue weighted by Gasteiger charge is 2.65. The van der Waals surface area contributed by atoms with Crippen LogP contribution in [0, 0.1) is 28.1 Å². The smallest absolute Gasteiger partial charge is 0.332 e. The summed E-state index contributed by atoms with van der Waals surface area (Å²) in [6.07, 6.45) is 3.02. The number of carbonyl (C=O) groups is 2. The van der Waals surface area contributed by atoms with E-state index >= 15 is 0 Å². The standard InChI is InChI=1S/C21H36O5/c1-8-19(3,4)18(23)25-12-11-24-13-16(22)26-17-14(2)21(7)10-9-15(17)20(21,5)6/h14-15,17H,8-13H2,1-7H3. The molecule has 5 nitrogen and oxygen atoms in total. The molecule has 0 aromatic rings. The molecule has 2 fully saturated rings. The van der Waals surface area contributed by atoms with Gasteiger partial charge in [-0.25, -0.2) is 4.79 Å². The van der Waals surface area contributed by atoms with Gasteiger partial charge in [0.25, 0.3) is 0 Å². The lowest BCUT2D eigenvalue weighted by atomic mass is 9.67. The van der Waals surface area contributed by atoms with Crippen LogP contribution < -0.4 is 0 Å². The molecular formula is C21H36O5. The Morgan fingerprint density at radius 2 is 1.81 bits per heavy atom. The van der Waals surface area contributed by atoms with Crippen LogP contribution in [0.4, 0.5) is 0 Å². The third kappa shape index (κ3) is 3.64. The van der Waals surface area contributed by atoms with E-state index in [-0.39, 0.29) is 48.7 Å². The van der Waals surface area contributed by atoms with E-state index in [1.807, 2.05) is 20.8 Å². The molecule has 0 heterocycles. The Balaban J connectivity index is 1.71. The number of ether oxygens (including phenoxy) is 3. The summed E-state index contributed by atoms with van der Waals surface area (Å²) in [5.74, 6) is 0.215. The number of fused-ring (bicyclic) bond motifs is 2. The maximum Gasteiger partial charge on any atom is 0.332 e. The van der Waals surface area contributed by atoms with Crippen molar-refractivity contribution in [3.05, 3.63) is 0 Å². The van der Waals surface area contributed by atoms with Crippen molar-refractivity contribution >= 4 is 11.9 Å². The molecule has 2 rings (SSSR count). The van der Waals surface area contributed by atoms with Gasteiger partial charge in [0, 0.05) is 5.92 Å². The summed E-state index contributed by atoms with van der Waals surface area (Å²) in [6, 6.07) is 0. The molecule has 5 heteroatoms. The fraction of sp³-hybridized carbons (Fsp3) is 0.905. The molecule has 4 unspecified atom stereocenters. The Bertz CT molecular complexity index is 539. The topological polar surface area (TPSA) is 61.8 Å². The molecule has 0 aromatic heterocycles. The van der Waals surface area contributed by atoms with Crippen molar-refractivity contribution in [1.82, 2.24) is 0 Å². The lowest BCUT2D eigenvalue weighted by Crippen LogP contribution is -2.35. The lowest BCUT2D eigenvalue weighted by molar-refractivity contribution is -0.162. The first-order valence-electron chi connectivity index (χ1n) is 9.92. The largest absolute Gasteiger partial charge is 0.463 e. The van der Waals surface area contributed by atoms with Crippen LogP contribution in [0.5, 0.6) is 0 Å². The van der Waals surface area contributed by atoms with Crippen molar-refractivity contribution in [2.24, 2.45) is 28.1 Å². The molecule has 0 aromatic carbocycles. The Morgan fingerprint density at radius 1 is 1.15 bits per heavy atom. The van der Waals surface area contributed by atoms with Crippen molar-refractivity contribution in [1.29, 1.82) is 0 Å². The second-order valence-electron chi connectivity index (χ2n) is 9.45. The zero-order valence-electron chi connectivity index (χ0n) is 17.5. The molecule has 26 heavy (non-hydrogen) atoms. The van der Waals surface area contributed by atoms with Crippen LogP contribution in [-0.4, -0.2) is 37.9 Å². The molecule has 0 saturated heterocycles. The number of hydrogen-bond donors (Lipinski definition) is 0. The summed E-state index contributed by atoms with van der Waals surface area (Å²) in [4.78, 5) is 24.0. The number of carbonyl (C=O) groups excluding carboxylic acids is 2. The maximum atomic E-state index is 12.2. The average molecular weight is 369 g/mol. The third-order valence-electron chi connectivity index (χ3n) is 7.65. The number of hydrogen-bond acceptors (Lipinski definition) is 5. The van der Waals surface area contributed by atoms with Crippen molar-refractivity contribution in [2.45, 2.75) is 73.8 Å². The van der Waals surface area contributed by atoms with Crippen molar-refractivity contribution in [3.63, 3.8) is 0 Å². The summed E-state index contributed by atoms with van der Waals surface area (Å²) >= 11 is 0. The normalized spacial score (nSPS) is 32.5. The molecule has 0 amide bonds. The van der Waals surface area contributed by atoms with Crippen LogP contribution in [0.15, 0.2) is 0 Å². The molecule has 0 radical (unpaired) electrons. The van der Waals surface area contributed by atoms with E-state index in [2.05, 4.69) is 27.7 Å². The predicted molar refractivity (Wildman–Crippen MR) is 99.5 cm³/mol. The van der Waals surface area contributed by atoms with Crippen LogP contribution in [0.1, 0.15) is 67.7 Å². The minimum atomic E-state index is -0.486. The summed E-state index contributed by atoms with van der Waals surface area (Å²) in [5.41, 5.74) is -0.0674. The highest BCUT2D eigenvalue weighted by molar-refractivity contribution is 5.75. The van der Waals surface area contributed by atoms with Crippen molar-refractivity contribution in [3.8, 4) is 0 Å². The first-order valence-corrected chi connectivity index (χ1v) is 9.92. The highest BCUT2D eigenvalue weighted by atomic mass is 16.6. The van der Waals surface area contributed by atoms with Gasteiger partial charge in [-0.1, -0.05) is 34.6 Å². The van der Waals surface area contributed by atoms with Gasteiger partial charge >= 0.3 is 11.9 Å². The quantitative estimate of drug-likeness (QED) is 0.479. The minimum absolute atomic E-state index is 0.0250. The van der Waals surface area contributed by atoms with Gasteiger partial charge in [0.1, 0.15) is 19.3 Å². The monoisotopic (exact) mass is 368 g/mol. The molecule has 2 aliphatic carbocycles. The molecule has 150 valence electrons. The Hall–Kier alpha value is -1.10. The van der Waals surface area contributed by atoms with E-state index in [0.29, 0.717) is 11.8 Å². The van der Waals surface area contributed by atoms with Crippen LogP contribution in [-0.2, 0) is 23.8 Å². The first-order chi connectivity index (χ1) is 12.0. The van der Waals surface area contributed by atoms with Crippen molar-refractivity contribution < 1.29 is 23.8 Å². The molecule has 0 N–H and O–H groups in total. The Labute approximate surface area is 158 Å². The average Bonchev–Trinajstić information content (AvgIpc) is 2.88. The molecule has 2 aliphatic rings. The highest BCUT2D eigenvalue weighted by Crippen LogP contribution is 2.68. The number of rotatable bonds is 8. The zero-order chi connectivity index (χ0) is 19.8. The fourth-order valence-electron chi connectivity index (χ4n) is 4.72. The van der Waals surface area contributed by atoms with Gasteiger partial charge in [-0.15, -0.1) is 0 Å².